The Kier molecular flexibility index (Phi) is 4.75. The fraction of sp³-hybridized carbons (Fsp3) is 0.500. The second-order valence-corrected chi connectivity index (χ2v) is 6.06. The predicted molar refractivity (Wildman–Crippen MR) is 78.2 cm³/mol. The van der Waals surface area contributed by atoms with Crippen molar-refractivity contribution in [3.63, 3.8) is 0 Å². The standard InChI is InChI=1S/C14H17BrN2O3/c1-2-8-5-10(11(6-8)14(19)20)13(18)17-12-4-3-9(15)7-16-12/h3-4,7-8,10-11H,2,5-6H2,1H3,(H,19,20)(H,16,17,18). The Morgan fingerprint density at radius 3 is 2.65 bits per heavy atom. The van der Waals surface area contributed by atoms with Gasteiger partial charge in [-0.15, -0.1) is 0 Å². The van der Waals surface area contributed by atoms with Crippen LogP contribution in [0.4, 0.5) is 5.82 Å². The van der Waals surface area contributed by atoms with Crippen molar-refractivity contribution in [2.24, 2.45) is 17.8 Å². The van der Waals surface area contributed by atoms with Crippen LogP contribution in [-0.4, -0.2) is 22.0 Å². The van der Waals surface area contributed by atoms with Crippen LogP contribution in [0.5, 0.6) is 0 Å². The van der Waals surface area contributed by atoms with Gasteiger partial charge >= 0.3 is 5.97 Å². The maximum absolute atomic E-state index is 12.2. The molecule has 1 aliphatic rings. The number of halogens is 1. The van der Waals surface area contributed by atoms with E-state index in [2.05, 4.69) is 26.2 Å². The minimum Gasteiger partial charge on any atom is -0.481 e. The van der Waals surface area contributed by atoms with Crippen molar-refractivity contribution in [3.05, 3.63) is 22.8 Å². The number of anilines is 1. The van der Waals surface area contributed by atoms with E-state index in [0.29, 0.717) is 24.6 Å². The summed E-state index contributed by atoms with van der Waals surface area (Å²) in [6.45, 7) is 2.03. The van der Waals surface area contributed by atoms with Crippen LogP contribution in [0.25, 0.3) is 0 Å². The first-order valence-corrected chi connectivity index (χ1v) is 7.45. The molecule has 1 heterocycles. The highest BCUT2D eigenvalue weighted by molar-refractivity contribution is 9.10. The number of nitrogens with one attached hydrogen (secondary N) is 1. The van der Waals surface area contributed by atoms with Gasteiger partial charge in [-0.1, -0.05) is 13.3 Å². The van der Waals surface area contributed by atoms with Gasteiger partial charge in [0.2, 0.25) is 5.91 Å². The number of hydrogen-bond acceptors (Lipinski definition) is 3. The zero-order chi connectivity index (χ0) is 14.7. The van der Waals surface area contributed by atoms with Gasteiger partial charge < -0.3 is 10.4 Å². The molecule has 5 nitrogen and oxygen atoms in total. The van der Waals surface area contributed by atoms with Crippen LogP contribution in [0.1, 0.15) is 26.2 Å². The molecule has 3 atom stereocenters. The second-order valence-electron chi connectivity index (χ2n) is 5.15. The van der Waals surface area contributed by atoms with Crippen LogP contribution in [0.2, 0.25) is 0 Å². The Hall–Kier alpha value is -1.43. The maximum Gasteiger partial charge on any atom is 0.307 e. The largest absolute Gasteiger partial charge is 0.481 e. The molecule has 0 saturated heterocycles. The Morgan fingerprint density at radius 2 is 2.10 bits per heavy atom. The number of carboxylic acid groups (broad SMARTS) is 1. The summed E-state index contributed by atoms with van der Waals surface area (Å²) in [6.07, 6.45) is 3.71. The highest BCUT2D eigenvalue weighted by Gasteiger charge is 2.42. The molecule has 1 aliphatic carbocycles. The Morgan fingerprint density at radius 1 is 1.40 bits per heavy atom. The monoisotopic (exact) mass is 340 g/mol. The third-order valence-corrected chi connectivity index (χ3v) is 4.34. The number of pyridine rings is 1. The lowest BCUT2D eigenvalue weighted by molar-refractivity contribution is -0.145. The van der Waals surface area contributed by atoms with Gasteiger partial charge in [0.15, 0.2) is 0 Å². The molecule has 0 spiro atoms. The summed E-state index contributed by atoms with van der Waals surface area (Å²) in [5.41, 5.74) is 0. The number of aliphatic carboxylic acids is 1. The van der Waals surface area contributed by atoms with Gasteiger partial charge in [0.1, 0.15) is 5.82 Å². The first kappa shape index (κ1) is 15.0. The number of carbonyl (C=O) groups excluding carboxylic acids is 1. The molecule has 0 aliphatic heterocycles. The van der Waals surface area contributed by atoms with E-state index >= 15 is 0 Å². The lowest BCUT2D eigenvalue weighted by Crippen LogP contribution is -2.30. The van der Waals surface area contributed by atoms with Crippen LogP contribution in [0.3, 0.4) is 0 Å². The summed E-state index contributed by atoms with van der Waals surface area (Å²) in [7, 11) is 0. The van der Waals surface area contributed by atoms with Crippen LogP contribution in [0, 0.1) is 17.8 Å². The molecular weight excluding hydrogens is 324 g/mol. The summed E-state index contributed by atoms with van der Waals surface area (Å²) in [5, 5.41) is 12.0. The molecule has 6 heteroatoms. The van der Waals surface area contributed by atoms with Crippen LogP contribution in [-0.2, 0) is 9.59 Å². The third kappa shape index (κ3) is 3.36. The number of carboxylic acids is 1. The van der Waals surface area contributed by atoms with Gasteiger partial charge in [0.25, 0.3) is 0 Å². The van der Waals surface area contributed by atoms with Crippen molar-refractivity contribution in [2.45, 2.75) is 26.2 Å². The van der Waals surface area contributed by atoms with Crippen LogP contribution < -0.4 is 5.32 Å². The minimum absolute atomic E-state index is 0.247. The molecule has 1 amide bonds. The van der Waals surface area contributed by atoms with Crippen molar-refractivity contribution in [3.8, 4) is 0 Å². The molecule has 0 radical (unpaired) electrons. The molecule has 1 aromatic rings. The zero-order valence-electron chi connectivity index (χ0n) is 11.2. The van der Waals surface area contributed by atoms with Crippen molar-refractivity contribution in [1.29, 1.82) is 0 Å². The van der Waals surface area contributed by atoms with Gasteiger partial charge in [-0.05, 0) is 46.8 Å². The van der Waals surface area contributed by atoms with E-state index in [-0.39, 0.29) is 5.91 Å². The zero-order valence-corrected chi connectivity index (χ0v) is 12.8. The SMILES string of the molecule is CCC1CC(C(=O)O)C(C(=O)Nc2ccc(Br)cn2)C1. The average molecular weight is 341 g/mol. The van der Waals surface area contributed by atoms with E-state index in [4.69, 9.17) is 0 Å². The molecule has 108 valence electrons. The molecule has 0 aromatic carbocycles. The van der Waals surface area contributed by atoms with Crippen molar-refractivity contribution in [2.75, 3.05) is 5.32 Å². The first-order valence-electron chi connectivity index (χ1n) is 6.66. The molecule has 3 unspecified atom stereocenters. The Bertz CT molecular complexity index is 504. The third-order valence-electron chi connectivity index (χ3n) is 3.87. The van der Waals surface area contributed by atoms with E-state index in [9.17, 15) is 14.7 Å². The van der Waals surface area contributed by atoms with Gasteiger partial charge in [-0.2, -0.15) is 0 Å². The van der Waals surface area contributed by atoms with E-state index in [1.807, 2.05) is 6.92 Å². The second kappa shape index (κ2) is 6.35. The van der Waals surface area contributed by atoms with E-state index in [0.717, 1.165) is 10.9 Å². The minimum atomic E-state index is -0.884. The molecule has 0 bridgehead atoms. The highest BCUT2D eigenvalue weighted by Crippen LogP contribution is 2.38. The van der Waals surface area contributed by atoms with Crippen molar-refractivity contribution >= 4 is 33.6 Å². The molecule has 1 fully saturated rings. The normalized spacial score (nSPS) is 25.4. The van der Waals surface area contributed by atoms with Crippen LogP contribution >= 0.6 is 15.9 Å². The molecular formula is C14H17BrN2O3. The smallest absolute Gasteiger partial charge is 0.307 e. The number of hydrogen-bond donors (Lipinski definition) is 2. The Labute approximate surface area is 125 Å². The van der Waals surface area contributed by atoms with Gasteiger partial charge in [-0.25, -0.2) is 4.98 Å². The van der Waals surface area contributed by atoms with Crippen LogP contribution in [0.15, 0.2) is 22.8 Å². The molecule has 20 heavy (non-hydrogen) atoms. The lowest BCUT2D eigenvalue weighted by Gasteiger charge is -2.15. The fourth-order valence-electron chi connectivity index (χ4n) is 2.71. The summed E-state index contributed by atoms with van der Waals surface area (Å²) in [5.74, 6) is -1.43. The molecule has 2 N–H and O–H groups in total. The summed E-state index contributed by atoms with van der Waals surface area (Å²) in [4.78, 5) is 27.6. The number of carbonyl (C=O) groups is 2. The van der Waals surface area contributed by atoms with Gasteiger partial charge in [0, 0.05) is 10.7 Å². The number of rotatable bonds is 4. The molecule has 1 aromatic heterocycles. The van der Waals surface area contributed by atoms with Gasteiger partial charge in [-0.3, -0.25) is 9.59 Å². The summed E-state index contributed by atoms with van der Waals surface area (Å²) >= 11 is 3.27. The molecule has 2 rings (SSSR count). The predicted octanol–water partition coefficient (Wildman–Crippen LogP) is 2.92. The van der Waals surface area contributed by atoms with Crippen molar-refractivity contribution in [1.82, 2.24) is 4.98 Å². The number of aromatic nitrogens is 1. The number of nitrogens with zero attached hydrogens (tertiary/aromatic N) is 1. The number of amides is 1. The highest BCUT2D eigenvalue weighted by atomic mass is 79.9. The van der Waals surface area contributed by atoms with E-state index in [1.165, 1.54) is 0 Å². The fourth-order valence-corrected chi connectivity index (χ4v) is 2.94. The van der Waals surface area contributed by atoms with E-state index in [1.54, 1.807) is 18.3 Å². The first-order chi connectivity index (χ1) is 9.51. The quantitative estimate of drug-likeness (QED) is 0.883. The van der Waals surface area contributed by atoms with E-state index < -0.39 is 17.8 Å². The topological polar surface area (TPSA) is 79.3 Å². The Balaban J connectivity index is 2.07. The average Bonchev–Trinajstić information content (AvgIpc) is 2.86. The van der Waals surface area contributed by atoms with Crippen molar-refractivity contribution < 1.29 is 14.7 Å². The van der Waals surface area contributed by atoms with Gasteiger partial charge in [0.05, 0.1) is 11.8 Å². The maximum atomic E-state index is 12.2. The summed E-state index contributed by atoms with van der Waals surface area (Å²) in [6, 6.07) is 3.46. The molecule has 1 saturated carbocycles. The summed E-state index contributed by atoms with van der Waals surface area (Å²) < 4.78 is 0.825. The lowest BCUT2D eigenvalue weighted by atomic mass is 9.95.